The standard InChI is InChI=1S/C19H19N3O4/c1-4-19(2)8-14(23)13-7-12(5-6-15(13)26-19)22-10-11(9-20)16(21)17(22)18(24)25-3/h5-7,10H,4,8,21H2,1-3H3. The second-order valence-corrected chi connectivity index (χ2v) is 6.46. The van der Waals surface area contributed by atoms with E-state index in [1.165, 1.54) is 17.9 Å². The van der Waals surface area contributed by atoms with Crippen LogP contribution in [0.3, 0.4) is 0 Å². The van der Waals surface area contributed by atoms with Crippen LogP contribution in [-0.4, -0.2) is 29.0 Å². The van der Waals surface area contributed by atoms with Gasteiger partial charge in [0.2, 0.25) is 0 Å². The molecule has 26 heavy (non-hydrogen) atoms. The molecule has 1 aromatic heterocycles. The van der Waals surface area contributed by atoms with Crippen LogP contribution in [0.25, 0.3) is 5.69 Å². The normalized spacial score (nSPS) is 18.6. The van der Waals surface area contributed by atoms with Crippen LogP contribution in [0, 0.1) is 11.3 Å². The molecule has 2 N–H and O–H groups in total. The second kappa shape index (κ2) is 6.23. The van der Waals surface area contributed by atoms with Crippen molar-refractivity contribution in [3.8, 4) is 17.5 Å². The first-order valence-electron chi connectivity index (χ1n) is 8.19. The van der Waals surface area contributed by atoms with E-state index in [0.717, 1.165) is 0 Å². The Hall–Kier alpha value is -3.27. The third-order valence-corrected chi connectivity index (χ3v) is 4.72. The summed E-state index contributed by atoms with van der Waals surface area (Å²) in [6.07, 6.45) is 2.45. The number of Topliss-reactive ketones (excluding diaryl/α,β-unsaturated/α-hetero) is 1. The van der Waals surface area contributed by atoms with Crippen LogP contribution in [0.2, 0.25) is 0 Å². The number of carbonyl (C=O) groups excluding carboxylic acids is 2. The van der Waals surface area contributed by atoms with Gasteiger partial charge in [-0.05, 0) is 31.5 Å². The first-order valence-corrected chi connectivity index (χ1v) is 8.19. The molecule has 2 heterocycles. The zero-order valence-electron chi connectivity index (χ0n) is 14.8. The quantitative estimate of drug-likeness (QED) is 0.850. The monoisotopic (exact) mass is 353 g/mol. The average Bonchev–Trinajstić information content (AvgIpc) is 2.97. The van der Waals surface area contributed by atoms with Crippen LogP contribution >= 0.6 is 0 Å². The number of esters is 1. The molecule has 0 fully saturated rings. The summed E-state index contributed by atoms with van der Waals surface area (Å²) in [7, 11) is 1.24. The summed E-state index contributed by atoms with van der Waals surface area (Å²) in [6.45, 7) is 3.88. The molecule has 7 nitrogen and oxygen atoms in total. The van der Waals surface area contributed by atoms with Crippen LogP contribution in [-0.2, 0) is 4.74 Å². The fourth-order valence-corrected chi connectivity index (χ4v) is 3.03. The van der Waals surface area contributed by atoms with E-state index in [9.17, 15) is 14.9 Å². The van der Waals surface area contributed by atoms with Crippen molar-refractivity contribution in [2.45, 2.75) is 32.3 Å². The molecule has 134 valence electrons. The predicted octanol–water partition coefficient (Wildman–Crippen LogP) is 2.85. The lowest BCUT2D eigenvalue weighted by Gasteiger charge is -2.34. The molecule has 1 aliphatic heterocycles. The highest BCUT2D eigenvalue weighted by atomic mass is 16.5. The Morgan fingerprint density at radius 1 is 1.50 bits per heavy atom. The highest BCUT2D eigenvalue weighted by Crippen LogP contribution is 2.36. The number of ketones is 1. The molecule has 0 bridgehead atoms. The Labute approximate surface area is 150 Å². The number of rotatable bonds is 3. The third kappa shape index (κ3) is 2.69. The number of nitrogens with zero attached hydrogens (tertiary/aromatic N) is 2. The summed E-state index contributed by atoms with van der Waals surface area (Å²) < 4.78 is 12.2. The van der Waals surface area contributed by atoms with Gasteiger partial charge in [-0.2, -0.15) is 5.26 Å². The Kier molecular flexibility index (Phi) is 4.20. The van der Waals surface area contributed by atoms with Crippen LogP contribution in [0.15, 0.2) is 24.4 Å². The highest BCUT2D eigenvalue weighted by molar-refractivity contribution is 6.01. The van der Waals surface area contributed by atoms with Crippen molar-refractivity contribution in [3.05, 3.63) is 41.2 Å². The van der Waals surface area contributed by atoms with E-state index < -0.39 is 11.6 Å². The lowest BCUT2D eigenvalue weighted by atomic mass is 9.89. The summed E-state index contributed by atoms with van der Waals surface area (Å²) in [5, 5.41) is 9.21. The van der Waals surface area contributed by atoms with Gasteiger partial charge in [0, 0.05) is 11.9 Å². The molecule has 0 radical (unpaired) electrons. The number of nitrogens with two attached hydrogens (primary N) is 1. The first-order chi connectivity index (χ1) is 12.3. The van der Waals surface area contributed by atoms with Gasteiger partial charge >= 0.3 is 5.97 Å². The fraction of sp³-hybridized carbons (Fsp3) is 0.316. The summed E-state index contributed by atoms with van der Waals surface area (Å²) in [4.78, 5) is 24.7. The minimum absolute atomic E-state index is 0.0299. The van der Waals surface area contributed by atoms with Crippen LogP contribution < -0.4 is 10.5 Å². The van der Waals surface area contributed by atoms with Gasteiger partial charge in [0.1, 0.15) is 17.4 Å². The maximum atomic E-state index is 12.6. The zero-order chi connectivity index (χ0) is 19.1. The van der Waals surface area contributed by atoms with Crippen LogP contribution in [0.1, 0.15) is 53.1 Å². The van der Waals surface area contributed by atoms with Gasteiger partial charge in [0.25, 0.3) is 0 Å². The molecule has 0 saturated heterocycles. The first kappa shape index (κ1) is 17.5. The summed E-state index contributed by atoms with van der Waals surface area (Å²) in [6, 6.07) is 6.99. The molecule has 7 heteroatoms. The van der Waals surface area contributed by atoms with E-state index in [4.69, 9.17) is 15.2 Å². The van der Waals surface area contributed by atoms with Gasteiger partial charge in [-0.1, -0.05) is 6.92 Å². The van der Waals surface area contributed by atoms with Crippen molar-refractivity contribution in [2.75, 3.05) is 12.8 Å². The molecule has 3 rings (SSSR count). The number of methoxy groups -OCH3 is 1. The average molecular weight is 353 g/mol. The second-order valence-electron chi connectivity index (χ2n) is 6.46. The summed E-state index contributed by atoms with van der Waals surface area (Å²) in [5.74, 6) is -0.185. The largest absolute Gasteiger partial charge is 0.486 e. The van der Waals surface area contributed by atoms with Crippen molar-refractivity contribution in [1.82, 2.24) is 4.57 Å². The number of ether oxygens (including phenoxy) is 2. The topological polar surface area (TPSA) is 107 Å². The molecule has 0 aliphatic carbocycles. The molecule has 1 unspecified atom stereocenters. The van der Waals surface area contributed by atoms with Crippen molar-refractivity contribution in [2.24, 2.45) is 0 Å². The van der Waals surface area contributed by atoms with Crippen molar-refractivity contribution < 1.29 is 19.1 Å². The number of anilines is 1. The van der Waals surface area contributed by atoms with E-state index in [1.807, 2.05) is 19.9 Å². The SMILES string of the molecule is CCC1(C)CC(=O)c2cc(-n3cc(C#N)c(N)c3C(=O)OC)ccc2O1. The highest BCUT2D eigenvalue weighted by Gasteiger charge is 2.35. The third-order valence-electron chi connectivity index (χ3n) is 4.72. The zero-order valence-corrected chi connectivity index (χ0v) is 14.8. The minimum Gasteiger partial charge on any atom is -0.486 e. The van der Waals surface area contributed by atoms with Gasteiger partial charge in [-0.25, -0.2) is 4.79 Å². The predicted molar refractivity (Wildman–Crippen MR) is 94.5 cm³/mol. The number of fused-ring (bicyclic) bond motifs is 1. The lowest BCUT2D eigenvalue weighted by molar-refractivity contribution is 0.0498. The van der Waals surface area contributed by atoms with E-state index >= 15 is 0 Å². The molecule has 0 spiro atoms. The Bertz CT molecular complexity index is 954. The number of hydrogen-bond donors (Lipinski definition) is 1. The molecule has 1 aliphatic rings. The van der Waals surface area contributed by atoms with Crippen molar-refractivity contribution >= 4 is 17.4 Å². The molecular weight excluding hydrogens is 334 g/mol. The molecule has 0 amide bonds. The molecule has 2 aromatic rings. The molecular formula is C19H19N3O4. The van der Waals surface area contributed by atoms with Gasteiger partial charge in [-0.15, -0.1) is 0 Å². The number of carbonyl (C=O) groups is 2. The maximum absolute atomic E-state index is 12.6. The smallest absolute Gasteiger partial charge is 0.357 e. The van der Waals surface area contributed by atoms with Gasteiger partial charge in [0.15, 0.2) is 11.5 Å². The molecule has 1 aromatic carbocycles. The lowest BCUT2D eigenvalue weighted by Crippen LogP contribution is -2.38. The van der Waals surface area contributed by atoms with Gasteiger partial charge in [-0.3, -0.25) is 4.79 Å². The minimum atomic E-state index is -0.664. The Morgan fingerprint density at radius 2 is 2.23 bits per heavy atom. The molecule has 1 atom stereocenters. The maximum Gasteiger partial charge on any atom is 0.357 e. The van der Waals surface area contributed by atoms with Crippen LogP contribution in [0.4, 0.5) is 5.69 Å². The number of nitrogen functional groups attached to an aromatic ring is 1. The van der Waals surface area contributed by atoms with Gasteiger partial charge < -0.3 is 19.8 Å². The number of aromatic nitrogens is 1. The number of benzene rings is 1. The summed E-state index contributed by atoms with van der Waals surface area (Å²) >= 11 is 0. The van der Waals surface area contributed by atoms with Crippen molar-refractivity contribution in [3.63, 3.8) is 0 Å². The number of hydrogen-bond acceptors (Lipinski definition) is 6. The fourth-order valence-electron chi connectivity index (χ4n) is 3.03. The summed E-state index contributed by atoms with van der Waals surface area (Å²) in [5.41, 5.74) is 6.60. The Balaban J connectivity index is 2.14. The van der Waals surface area contributed by atoms with E-state index in [2.05, 4.69) is 0 Å². The van der Waals surface area contributed by atoms with E-state index in [-0.39, 0.29) is 29.1 Å². The Morgan fingerprint density at radius 3 is 2.85 bits per heavy atom. The van der Waals surface area contributed by atoms with Crippen LogP contribution in [0.5, 0.6) is 5.75 Å². The van der Waals surface area contributed by atoms with E-state index in [1.54, 1.807) is 18.2 Å². The van der Waals surface area contributed by atoms with Crippen molar-refractivity contribution in [1.29, 1.82) is 5.26 Å². The molecule has 0 saturated carbocycles. The number of nitriles is 1. The van der Waals surface area contributed by atoms with Gasteiger partial charge in [0.05, 0.1) is 30.3 Å². The van der Waals surface area contributed by atoms with E-state index in [0.29, 0.717) is 23.4 Å².